The summed E-state index contributed by atoms with van der Waals surface area (Å²) in [6, 6.07) is 13.9. The van der Waals surface area contributed by atoms with Crippen molar-refractivity contribution in [2.24, 2.45) is 0 Å². The van der Waals surface area contributed by atoms with Gasteiger partial charge >= 0.3 is 0 Å². The summed E-state index contributed by atoms with van der Waals surface area (Å²) < 4.78 is 20.1. The molecule has 0 aliphatic carbocycles. The van der Waals surface area contributed by atoms with Crippen LogP contribution < -0.4 is 5.32 Å². The Bertz CT molecular complexity index is 626. The van der Waals surface area contributed by atoms with E-state index in [0.29, 0.717) is 23.7 Å². The molecule has 23 heavy (non-hydrogen) atoms. The molecule has 3 unspecified atom stereocenters. The van der Waals surface area contributed by atoms with E-state index in [4.69, 9.17) is 16.3 Å². The summed E-state index contributed by atoms with van der Waals surface area (Å²) in [5.41, 5.74) is 1.11. The Hall–Kier alpha value is -1.46. The minimum Gasteiger partial charge on any atom is -0.389 e. The van der Waals surface area contributed by atoms with Gasteiger partial charge in [-0.15, -0.1) is 0 Å². The van der Waals surface area contributed by atoms with Crippen LogP contribution in [0.2, 0.25) is 5.02 Å². The predicted molar refractivity (Wildman–Crippen MR) is 88.3 cm³/mol. The molecule has 1 fully saturated rings. The van der Waals surface area contributed by atoms with Crippen LogP contribution >= 0.6 is 11.6 Å². The minimum atomic E-state index is -0.903. The van der Waals surface area contributed by atoms with E-state index in [1.807, 2.05) is 30.3 Å². The zero-order valence-electron chi connectivity index (χ0n) is 12.6. The molecular weight excluding hydrogens is 317 g/mol. The highest BCUT2D eigenvalue weighted by Crippen LogP contribution is 2.36. The van der Waals surface area contributed by atoms with E-state index in [2.05, 4.69) is 5.32 Å². The summed E-state index contributed by atoms with van der Waals surface area (Å²) in [6.45, 7) is 1.80. The van der Waals surface area contributed by atoms with Gasteiger partial charge in [0.1, 0.15) is 5.82 Å². The fourth-order valence-corrected chi connectivity index (χ4v) is 3.30. The fourth-order valence-electron chi connectivity index (χ4n) is 3.02. The van der Waals surface area contributed by atoms with Crippen molar-refractivity contribution in [2.45, 2.75) is 18.1 Å². The second kappa shape index (κ2) is 7.41. The Morgan fingerprint density at radius 1 is 1.17 bits per heavy atom. The van der Waals surface area contributed by atoms with Gasteiger partial charge in [0.25, 0.3) is 0 Å². The molecule has 0 bridgehead atoms. The lowest BCUT2D eigenvalue weighted by molar-refractivity contribution is -0.0579. The fraction of sp³-hybridized carbons (Fsp3) is 0.333. The zero-order chi connectivity index (χ0) is 16.2. The van der Waals surface area contributed by atoms with E-state index in [-0.39, 0.29) is 0 Å². The first-order valence-electron chi connectivity index (χ1n) is 7.67. The van der Waals surface area contributed by atoms with E-state index in [9.17, 15) is 9.50 Å². The number of nitrogens with one attached hydrogen (secondary N) is 1. The van der Waals surface area contributed by atoms with E-state index >= 15 is 0 Å². The summed E-state index contributed by atoms with van der Waals surface area (Å²) in [4.78, 5) is 0. The van der Waals surface area contributed by atoms with E-state index < -0.39 is 23.9 Å². The Morgan fingerprint density at radius 3 is 2.61 bits per heavy atom. The van der Waals surface area contributed by atoms with Crippen LogP contribution in [-0.2, 0) is 4.74 Å². The van der Waals surface area contributed by atoms with Crippen molar-refractivity contribution in [3.63, 3.8) is 0 Å². The van der Waals surface area contributed by atoms with Crippen molar-refractivity contribution in [3.8, 4) is 0 Å². The standard InChI is InChI=1S/C18H19ClFNO2/c19-13-7-4-8-14(20)17(13)16(12-5-2-1-3-6-12)18(22)15-11-21-9-10-23-15/h1-8,15-16,18,21-22H,9-11H2. The largest absolute Gasteiger partial charge is 0.389 e. The van der Waals surface area contributed by atoms with E-state index in [0.717, 1.165) is 12.1 Å². The molecule has 0 saturated carbocycles. The van der Waals surface area contributed by atoms with Gasteiger partial charge in [0.05, 0.1) is 18.8 Å². The van der Waals surface area contributed by atoms with Crippen molar-refractivity contribution in [2.75, 3.05) is 19.7 Å². The summed E-state index contributed by atoms with van der Waals surface area (Å²) >= 11 is 6.25. The van der Waals surface area contributed by atoms with Crippen LogP contribution in [0.5, 0.6) is 0 Å². The lowest BCUT2D eigenvalue weighted by atomic mass is 9.83. The Morgan fingerprint density at radius 2 is 1.96 bits per heavy atom. The van der Waals surface area contributed by atoms with Crippen molar-refractivity contribution in [1.82, 2.24) is 5.32 Å². The SMILES string of the molecule is OC(C1CNCCO1)C(c1ccccc1)c1c(F)cccc1Cl. The maximum Gasteiger partial charge on any atom is 0.128 e. The number of hydrogen-bond acceptors (Lipinski definition) is 3. The highest BCUT2D eigenvalue weighted by molar-refractivity contribution is 6.31. The first kappa shape index (κ1) is 16.4. The first-order chi connectivity index (χ1) is 11.2. The number of ether oxygens (including phenoxy) is 1. The molecule has 122 valence electrons. The number of aliphatic hydroxyl groups excluding tert-OH is 1. The van der Waals surface area contributed by atoms with Crippen LogP contribution in [0.4, 0.5) is 4.39 Å². The molecule has 2 aromatic carbocycles. The highest BCUT2D eigenvalue weighted by atomic mass is 35.5. The van der Waals surface area contributed by atoms with Gasteiger partial charge in [-0.1, -0.05) is 48.0 Å². The molecule has 1 aliphatic heterocycles. The molecule has 1 heterocycles. The predicted octanol–water partition coefficient (Wildman–Crippen LogP) is 2.96. The zero-order valence-corrected chi connectivity index (χ0v) is 13.3. The topological polar surface area (TPSA) is 41.5 Å². The number of hydrogen-bond donors (Lipinski definition) is 2. The molecule has 5 heteroatoms. The normalized spacial score (nSPS) is 20.9. The monoisotopic (exact) mass is 335 g/mol. The molecule has 2 N–H and O–H groups in total. The molecule has 3 rings (SSSR count). The van der Waals surface area contributed by atoms with Crippen LogP contribution in [0.3, 0.4) is 0 Å². The quantitative estimate of drug-likeness (QED) is 0.902. The van der Waals surface area contributed by atoms with Gasteiger partial charge in [-0.05, 0) is 17.7 Å². The number of aliphatic hydroxyl groups is 1. The summed E-state index contributed by atoms with van der Waals surface area (Å²) in [5.74, 6) is -1.01. The Kier molecular flexibility index (Phi) is 5.28. The smallest absolute Gasteiger partial charge is 0.128 e. The molecule has 2 aromatic rings. The lowest BCUT2D eigenvalue weighted by Crippen LogP contribution is -2.47. The third kappa shape index (κ3) is 3.56. The average molecular weight is 336 g/mol. The second-order valence-electron chi connectivity index (χ2n) is 5.63. The maximum atomic E-state index is 14.5. The number of rotatable bonds is 4. The van der Waals surface area contributed by atoms with Gasteiger partial charge in [-0.2, -0.15) is 0 Å². The van der Waals surface area contributed by atoms with Crippen LogP contribution in [0.15, 0.2) is 48.5 Å². The number of morpholine rings is 1. The van der Waals surface area contributed by atoms with Crippen LogP contribution in [0.25, 0.3) is 0 Å². The first-order valence-corrected chi connectivity index (χ1v) is 8.05. The second-order valence-corrected chi connectivity index (χ2v) is 6.03. The summed E-state index contributed by atoms with van der Waals surface area (Å²) in [6.07, 6.45) is -1.32. The van der Waals surface area contributed by atoms with Crippen LogP contribution in [-0.4, -0.2) is 37.0 Å². The molecule has 0 spiro atoms. The van der Waals surface area contributed by atoms with Gasteiger partial charge in [-0.25, -0.2) is 4.39 Å². The van der Waals surface area contributed by atoms with E-state index in [1.165, 1.54) is 6.07 Å². The third-order valence-electron chi connectivity index (χ3n) is 4.15. The molecule has 0 radical (unpaired) electrons. The molecule has 0 aromatic heterocycles. The maximum absolute atomic E-state index is 14.5. The molecule has 3 nitrogen and oxygen atoms in total. The van der Waals surface area contributed by atoms with Crippen molar-refractivity contribution in [3.05, 3.63) is 70.5 Å². The highest BCUT2D eigenvalue weighted by Gasteiger charge is 2.34. The summed E-state index contributed by atoms with van der Waals surface area (Å²) in [5, 5.41) is 14.4. The van der Waals surface area contributed by atoms with Crippen molar-refractivity contribution < 1.29 is 14.2 Å². The van der Waals surface area contributed by atoms with Crippen molar-refractivity contribution in [1.29, 1.82) is 0 Å². The molecule has 1 aliphatic rings. The number of benzene rings is 2. The minimum absolute atomic E-state index is 0.307. The van der Waals surface area contributed by atoms with Crippen LogP contribution in [0.1, 0.15) is 17.0 Å². The number of halogens is 2. The Balaban J connectivity index is 2.03. The van der Waals surface area contributed by atoms with Crippen molar-refractivity contribution >= 4 is 11.6 Å². The van der Waals surface area contributed by atoms with Gasteiger partial charge in [0, 0.05) is 29.6 Å². The molecule has 0 amide bonds. The third-order valence-corrected chi connectivity index (χ3v) is 4.48. The van der Waals surface area contributed by atoms with E-state index in [1.54, 1.807) is 12.1 Å². The summed E-state index contributed by atoms with van der Waals surface area (Å²) in [7, 11) is 0. The lowest BCUT2D eigenvalue weighted by Gasteiger charge is -2.33. The van der Waals surface area contributed by atoms with Crippen LogP contribution in [0, 0.1) is 5.82 Å². The molecular formula is C18H19ClFNO2. The average Bonchev–Trinajstić information content (AvgIpc) is 2.59. The Labute approximate surface area is 140 Å². The van der Waals surface area contributed by atoms with Gasteiger partial charge in [0.2, 0.25) is 0 Å². The van der Waals surface area contributed by atoms with Gasteiger partial charge in [-0.3, -0.25) is 0 Å². The molecule has 3 atom stereocenters. The van der Waals surface area contributed by atoms with Gasteiger partial charge in [0.15, 0.2) is 0 Å². The molecule has 1 saturated heterocycles. The van der Waals surface area contributed by atoms with Gasteiger partial charge < -0.3 is 15.2 Å².